The van der Waals surface area contributed by atoms with Gasteiger partial charge in [0.2, 0.25) is 12.0 Å². The van der Waals surface area contributed by atoms with Crippen LogP contribution in [0, 0.1) is 0 Å². The molecular formula is C7H6N2O2. The van der Waals surface area contributed by atoms with Crippen LogP contribution in [0.25, 0.3) is 0 Å². The Morgan fingerprint density at radius 2 is 2.55 bits per heavy atom. The van der Waals surface area contributed by atoms with Crippen LogP contribution < -0.4 is 4.74 Å². The van der Waals surface area contributed by atoms with Crippen molar-refractivity contribution in [2.45, 2.75) is 0 Å². The molecule has 0 fully saturated rings. The first-order valence-corrected chi connectivity index (χ1v) is 2.95. The van der Waals surface area contributed by atoms with E-state index in [2.05, 4.69) is 9.98 Å². The molecule has 1 heterocycles. The van der Waals surface area contributed by atoms with Gasteiger partial charge in [-0.25, -0.2) is 9.78 Å². The molecule has 0 aromatic carbocycles. The van der Waals surface area contributed by atoms with Crippen LogP contribution in [-0.4, -0.2) is 18.2 Å². The van der Waals surface area contributed by atoms with Gasteiger partial charge < -0.3 is 4.74 Å². The molecule has 4 heteroatoms. The molecule has 11 heavy (non-hydrogen) atoms. The highest BCUT2D eigenvalue weighted by Crippen LogP contribution is 2.21. The molecular weight excluding hydrogens is 144 g/mol. The molecule has 56 valence electrons. The molecule has 0 radical (unpaired) electrons. The highest BCUT2D eigenvalue weighted by Gasteiger charge is 1.98. The minimum absolute atomic E-state index is 0.329. The number of ether oxygens (including phenoxy) is 1. The van der Waals surface area contributed by atoms with Gasteiger partial charge in [-0.2, -0.15) is 4.99 Å². The number of carbonyl (C=O) groups excluding carboxylic acids is 1. The fourth-order valence-corrected chi connectivity index (χ4v) is 0.674. The molecule has 0 aliphatic carbocycles. The van der Waals surface area contributed by atoms with E-state index in [4.69, 9.17) is 4.74 Å². The maximum atomic E-state index is 9.87. The topological polar surface area (TPSA) is 51.6 Å². The van der Waals surface area contributed by atoms with Gasteiger partial charge in [0.15, 0.2) is 0 Å². The van der Waals surface area contributed by atoms with Gasteiger partial charge in [-0.05, 0) is 12.1 Å². The maximum Gasteiger partial charge on any atom is 0.240 e. The summed E-state index contributed by atoms with van der Waals surface area (Å²) in [5.74, 6) is 0.329. The van der Waals surface area contributed by atoms with Crippen molar-refractivity contribution in [2.24, 2.45) is 4.99 Å². The first kappa shape index (κ1) is 7.44. The number of aromatic nitrogens is 1. The number of methoxy groups -OCH3 is 1. The molecule has 0 atom stereocenters. The van der Waals surface area contributed by atoms with E-state index in [1.54, 1.807) is 18.3 Å². The summed E-state index contributed by atoms with van der Waals surface area (Å²) in [6.45, 7) is 0. The minimum Gasteiger partial charge on any atom is -0.479 e. The molecule has 0 saturated heterocycles. The van der Waals surface area contributed by atoms with Gasteiger partial charge in [0.1, 0.15) is 5.69 Å². The average Bonchev–Trinajstić information content (AvgIpc) is 2.06. The second kappa shape index (κ2) is 3.49. The Hall–Kier alpha value is -1.67. The van der Waals surface area contributed by atoms with Gasteiger partial charge in [-0.1, -0.05) is 0 Å². The Kier molecular flexibility index (Phi) is 2.36. The van der Waals surface area contributed by atoms with E-state index in [0.717, 1.165) is 0 Å². The predicted molar refractivity (Wildman–Crippen MR) is 38.6 cm³/mol. The van der Waals surface area contributed by atoms with E-state index in [1.165, 1.54) is 13.2 Å². The van der Waals surface area contributed by atoms with E-state index in [-0.39, 0.29) is 0 Å². The van der Waals surface area contributed by atoms with Gasteiger partial charge in [0.25, 0.3) is 0 Å². The monoisotopic (exact) mass is 150 g/mol. The van der Waals surface area contributed by atoms with Gasteiger partial charge in [-0.15, -0.1) is 0 Å². The molecule has 0 unspecified atom stereocenters. The van der Waals surface area contributed by atoms with Crippen LogP contribution in [0.2, 0.25) is 0 Å². The van der Waals surface area contributed by atoms with Gasteiger partial charge in [-0.3, -0.25) is 0 Å². The highest BCUT2D eigenvalue weighted by molar-refractivity contribution is 5.54. The largest absolute Gasteiger partial charge is 0.479 e. The number of isocyanates is 1. The number of nitrogens with zero attached hydrogens (tertiary/aromatic N) is 2. The van der Waals surface area contributed by atoms with Crippen molar-refractivity contribution in [2.75, 3.05) is 7.11 Å². The lowest BCUT2D eigenvalue weighted by atomic mass is 10.4. The Bertz CT molecular complexity index is 292. The van der Waals surface area contributed by atoms with E-state index in [0.29, 0.717) is 11.6 Å². The molecule has 0 aliphatic rings. The van der Waals surface area contributed by atoms with Crippen LogP contribution in [0.4, 0.5) is 5.69 Å². The number of aliphatic imine (C=N–C) groups is 1. The second-order valence-electron chi connectivity index (χ2n) is 1.73. The van der Waals surface area contributed by atoms with Crippen LogP contribution >= 0.6 is 0 Å². The Balaban J connectivity index is 3.11. The summed E-state index contributed by atoms with van der Waals surface area (Å²) in [5.41, 5.74) is 0.394. The Labute approximate surface area is 63.6 Å². The summed E-state index contributed by atoms with van der Waals surface area (Å²) in [5, 5.41) is 0. The fourth-order valence-electron chi connectivity index (χ4n) is 0.674. The minimum atomic E-state index is 0.329. The van der Waals surface area contributed by atoms with Crippen molar-refractivity contribution < 1.29 is 9.53 Å². The number of hydrogen-bond donors (Lipinski definition) is 0. The first-order valence-electron chi connectivity index (χ1n) is 2.95. The second-order valence-corrected chi connectivity index (χ2v) is 1.73. The normalized spacial score (nSPS) is 8.45. The highest BCUT2D eigenvalue weighted by atomic mass is 16.5. The van der Waals surface area contributed by atoms with Crippen LogP contribution in [0.15, 0.2) is 23.3 Å². The zero-order chi connectivity index (χ0) is 8.10. The molecule has 1 aromatic heterocycles. The lowest BCUT2D eigenvalue weighted by molar-refractivity contribution is 0.399. The van der Waals surface area contributed by atoms with Crippen molar-refractivity contribution in [3.63, 3.8) is 0 Å². The Morgan fingerprint density at radius 1 is 1.73 bits per heavy atom. The number of hydrogen-bond acceptors (Lipinski definition) is 4. The van der Waals surface area contributed by atoms with Crippen LogP contribution in [-0.2, 0) is 4.79 Å². The van der Waals surface area contributed by atoms with Crippen molar-refractivity contribution in [1.29, 1.82) is 0 Å². The lowest BCUT2D eigenvalue weighted by Gasteiger charge is -1.98. The molecule has 0 aliphatic heterocycles. The van der Waals surface area contributed by atoms with E-state index in [9.17, 15) is 4.79 Å². The smallest absolute Gasteiger partial charge is 0.240 e. The third-order valence-corrected chi connectivity index (χ3v) is 1.11. The molecule has 0 bridgehead atoms. The van der Waals surface area contributed by atoms with Gasteiger partial charge in [0, 0.05) is 6.20 Å². The van der Waals surface area contributed by atoms with Crippen molar-refractivity contribution in [1.82, 2.24) is 4.98 Å². The van der Waals surface area contributed by atoms with E-state index >= 15 is 0 Å². The molecule has 1 aromatic rings. The van der Waals surface area contributed by atoms with Crippen molar-refractivity contribution in [3.8, 4) is 5.88 Å². The van der Waals surface area contributed by atoms with E-state index in [1.807, 2.05) is 0 Å². The third kappa shape index (κ3) is 1.63. The lowest BCUT2D eigenvalue weighted by Crippen LogP contribution is -1.85. The Morgan fingerprint density at radius 3 is 3.18 bits per heavy atom. The summed E-state index contributed by atoms with van der Waals surface area (Å²) in [6, 6.07) is 3.29. The standard InChI is InChI=1S/C7H6N2O2/c1-11-7-6(9-5-10)3-2-4-8-7/h2-4H,1H3. The zero-order valence-corrected chi connectivity index (χ0v) is 5.94. The van der Waals surface area contributed by atoms with Gasteiger partial charge in [0.05, 0.1) is 7.11 Å². The number of rotatable bonds is 2. The summed E-state index contributed by atoms with van der Waals surface area (Å²) >= 11 is 0. The van der Waals surface area contributed by atoms with Crippen molar-refractivity contribution in [3.05, 3.63) is 18.3 Å². The fraction of sp³-hybridized carbons (Fsp3) is 0.143. The SMILES string of the molecule is COc1ncccc1N=C=O. The first-order chi connectivity index (χ1) is 5.38. The summed E-state index contributed by atoms with van der Waals surface area (Å²) < 4.78 is 4.81. The molecule has 0 N–H and O–H groups in total. The van der Waals surface area contributed by atoms with Crippen LogP contribution in [0.5, 0.6) is 5.88 Å². The maximum absolute atomic E-state index is 9.87. The quantitative estimate of drug-likeness (QED) is 0.467. The van der Waals surface area contributed by atoms with Crippen LogP contribution in [0.3, 0.4) is 0 Å². The number of pyridine rings is 1. The summed E-state index contributed by atoms with van der Waals surface area (Å²) in [7, 11) is 1.46. The molecule has 0 amide bonds. The molecule has 0 saturated carbocycles. The summed E-state index contributed by atoms with van der Waals surface area (Å²) in [6.07, 6.45) is 2.97. The zero-order valence-electron chi connectivity index (χ0n) is 5.94. The summed E-state index contributed by atoms with van der Waals surface area (Å²) in [4.78, 5) is 17.1. The molecule has 0 spiro atoms. The predicted octanol–water partition coefficient (Wildman–Crippen LogP) is 1.06. The molecule has 1 rings (SSSR count). The van der Waals surface area contributed by atoms with Gasteiger partial charge >= 0.3 is 0 Å². The van der Waals surface area contributed by atoms with E-state index < -0.39 is 0 Å². The molecule has 4 nitrogen and oxygen atoms in total. The third-order valence-electron chi connectivity index (χ3n) is 1.11. The van der Waals surface area contributed by atoms with Crippen LogP contribution in [0.1, 0.15) is 0 Å². The van der Waals surface area contributed by atoms with Crippen molar-refractivity contribution >= 4 is 11.8 Å². The average molecular weight is 150 g/mol.